The first-order valence-corrected chi connectivity index (χ1v) is 23.6. The smallest absolute Gasteiger partial charge is 0.264 e. The highest BCUT2D eigenvalue weighted by Gasteiger charge is 2.44. The Kier molecular flexibility index (Phi) is 12.4. The summed E-state index contributed by atoms with van der Waals surface area (Å²) in [7, 11) is -8.03. The predicted molar refractivity (Wildman–Crippen MR) is 230 cm³/mol. The number of hydrogen-bond donors (Lipinski definition) is 2. The van der Waals surface area contributed by atoms with Crippen molar-refractivity contribution >= 4 is 60.5 Å². The SMILES string of the molecule is Cc1ccc2c(c1)C(C)(C)C(/C=C/C1=C(Cl)C3=C(Cl)/C(=C/C=C4/N(CCCCS(=O)(=O)O)c5ccc(C)cc5C4(C)C)CCC3CC1)=[N+]2CCCCS(=O)(=O)O. The monoisotopic (exact) mass is 841 g/mol. The van der Waals surface area contributed by atoms with E-state index >= 15 is 0 Å². The highest BCUT2D eigenvalue weighted by molar-refractivity contribution is 7.86. The maximum atomic E-state index is 11.4. The van der Waals surface area contributed by atoms with E-state index in [1.807, 2.05) is 0 Å². The van der Waals surface area contributed by atoms with Crippen LogP contribution in [0.4, 0.5) is 11.4 Å². The van der Waals surface area contributed by atoms with E-state index in [9.17, 15) is 25.9 Å². The average Bonchev–Trinajstić information content (AvgIpc) is 3.44. The fourth-order valence-electron chi connectivity index (χ4n) is 8.95. The minimum atomic E-state index is -4.02. The summed E-state index contributed by atoms with van der Waals surface area (Å²) in [6.07, 6.45) is 14.1. The van der Waals surface area contributed by atoms with Gasteiger partial charge in [0.05, 0.1) is 16.9 Å². The Balaban J connectivity index is 1.32. The average molecular weight is 843 g/mol. The highest BCUT2D eigenvalue weighted by Crippen LogP contribution is 2.50. The third kappa shape index (κ3) is 9.01. The van der Waals surface area contributed by atoms with Gasteiger partial charge in [-0.05, 0) is 119 Å². The van der Waals surface area contributed by atoms with Crippen molar-refractivity contribution in [2.45, 2.75) is 104 Å². The van der Waals surface area contributed by atoms with E-state index in [0.717, 1.165) is 65.2 Å². The van der Waals surface area contributed by atoms with Gasteiger partial charge in [0.1, 0.15) is 6.54 Å². The van der Waals surface area contributed by atoms with Crippen LogP contribution < -0.4 is 4.90 Å². The lowest BCUT2D eigenvalue weighted by Gasteiger charge is -2.32. The number of halogens is 2. The standard InChI is InChI=1S/C44H54Cl2N2O6S2/c1-29-11-19-36-34(27-29)43(3,4)38(47(36)23-7-9-25-55(49,50)51)21-17-32-15-13-31-14-16-33(42(46)40(31)41(32)45)18-22-39-44(5,6)35-28-30(2)12-20-37(35)48(39)24-8-10-26-56(52,53)54/h11-12,17-22,27-28,31H,7-10,13-16,23-26H2,1-6H3,(H-,49,50,51,52,53,54)/p+1. The molecule has 2 heterocycles. The van der Waals surface area contributed by atoms with Crippen molar-refractivity contribution in [1.29, 1.82) is 0 Å². The molecule has 302 valence electrons. The van der Waals surface area contributed by atoms with Gasteiger partial charge >= 0.3 is 0 Å². The molecule has 0 bridgehead atoms. The van der Waals surface area contributed by atoms with Crippen LogP contribution in [0.5, 0.6) is 0 Å². The van der Waals surface area contributed by atoms with Gasteiger partial charge in [0.2, 0.25) is 5.69 Å². The van der Waals surface area contributed by atoms with Crippen LogP contribution in [0.2, 0.25) is 0 Å². The van der Waals surface area contributed by atoms with Crippen molar-refractivity contribution in [2.24, 2.45) is 5.92 Å². The zero-order valence-corrected chi connectivity index (χ0v) is 36.5. The summed E-state index contributed by atoms with van der Waals surface area (Å²) in [6.45, 7) is 14.3. The van der Waals surface area contributed by atoms with Crippen LogP contribution in [0.3, 0.4) is 0 Å². The number of benzene rings is 2. The van der Waals surface area contributed by atoms with Crippen LogP contribution in [0, 0.1) is 19.8 Å². The Morgan fingerprint density at radius 2 is 1.41 bits per heavy atom. The Hall–Kier alpha value is -2.99. The second-order valence-electron chi connectivity index (χ2n) is 16.9. The van der Waals surface area contributed by atoms with Crippen molar-refractivity contribution in [1.82, 2.24) is 0 Å². The summed E-state index contributed by atoms with van der Waals surface area (Å²) in [6, 6.07) is 12.9. The van der Waals surface area contributed by atoms with Gasteiger partial charge in [-0.15, -0.1) is 0 Å². The lowest BCUT2D eigenvalue weighted by molar-refractivity contribution is -0.438. The van der Waals surface area contributed by atoms with E-state index in [1.54, 1.807) is 0 Å². The number of hydrogen-bond acceptors (Lipinski definition) is 5. The molecule has 0 radical (unpaired) electrons. The third-order valence-corrected chi connectivity index (χ3v) is 14.5. The lowest BCUT2D eigenvalue weighted by atomic mass is 9.76. The third-order valence-electron chi connectivity index (χ3n) is 12.0. The van der Waals surface area contributed by atoms with Gasteiger partial charge in [-0.3, -0.25) is 9.11 Å². The second kappa shape index (κ2) is 16.3. The zero-order chi connectivity index (χ0) is 40.8. The fraction of sp³-hybridized carbons (Fsp3) is 0.477. The number of allylic oxidation sites excluding steroid dienone is 10. The first kappa shape index (κ1) is 42.6. The fourth-order valence-corrected chi connectivity index (χ4v) is 11.0. The normalized spacial score (nSPS) is 22.2. The molecule has 4 aliphatic rings. The highest BCUT2D eigenvalue weighted by atomic mass is 35.5. The van der Waals surface area contributed by atoms with Gasteiger partial charge < -0.3 is 4.90 Å². The van der Waals surface area contributed by atoms with Crippen molar-refractivity contribution in [3.63, 3.8) is 0 Å². The molecule has 6 rings (SSSR count). The van der Waals surface area contributed by atoms with Crippen LogP contribution >= 0.6 is 23.2 Å². The topological polar surface area (TPSA) is 115 Å². The molecule has 12 heteroatoms. The van der Waals surface area contributed by atoms with E-state index in [2.05, 4.69) is 112 Å². The summed E-state index contributed by atoms with van der Waals surface area (Å²) < 4.78 is 66.5. The molecular formula is C44H55Cl2N2O6S2+. The number of rotatable bonds is 13. The van der Waals surface area contributed by atoms with Crippen LogP contribution in [0.15, 0.2) is 93.2 Å². The van der Waals surface area contributed by atoms with Crippen molar-refractivity contribution < 1.29 is 30.5 Å². The van der Waals surface area contributed by atoms with Gasteiger partial charge in [-0.2, -0.15) is 21.4 Å². The van der Waals surface area contributed by atoms with Gasteiger partial charge in [0.25, 0.3) is 20.2 Å². The summed E-state index contributed by atoms with van der Waals surface area (Å²) in [4.78, 5) is 2.28. The van der Waals surface area contributed by atoms with Gasteiger partial charge in [0, 0.05) is 57.5 Å². The maximum Gasteiger partial charge on any atom is 0.264 e. The number of nitrogens with zero attached hydrogens (tertiary/aromatic N) is 2. The molecule has 2 aliphatic heterocycles. The maximum absolute atomic E-state index is 11.4. The molecule has 0 spiro atoms. The molecule has 0 aromatic heterocycles. The van der Waals surface area contributed by atoms with Crippen molar-refractivity contribution in [2.75, 3.05) is 29.5 Å². The number of unbranched alkanes of at least 4 members (excludes halogenated alkanes) is 2. The molecule has 56 heavy (non-hydrogen) atoms. The zero-order valence-electron chi connectivity index (χ0n) is 33.3. The minimum absolute atomic E-state index is 0.258. The summed E-state index contributed by atoms with van der Waals surface area (Å²) in [5.41, 5.74) is 11.7. The van der Waals surface area contributed by atoms with Gasteiger partial charge in [-0.1, -0.05) is 78.5 Å². The first-order valence-electron chi connectivity index (χ1n) is 19.6. The molecule has 8 nitrogen and oxygen atoms in total. The summed E-state index contributed by atoms with van der Waals surface area (Å²) in [5.74, 6) is -0.244. The first-order chi connectivity index (χ1) is 26.2. The summed E-state index contributed by atoms with van der Waals surface area (Å²) >= 11 is 14.6. The molecule has 2 aliphatic carbocycles. The molecule has 2 aromatic carbocycles. The molecule has 0 fully saturated rings. The number of fused-ring (bicyclic) bond motifs is 3. The van der Waals surface area contributed by atoms with E-state index in [-0.39, 0.29) is 28.3 Å². The van der Waals surface area contributed by atoms with E-state index in [1.165, 1.54) is 22.3 Å². The lowest BCUT2D eigenvalue weighted by Crippen LogP contribution is -2.28. The Morgan fingerprint density at radius 1 is 0.786 bits per heavy atom. The number of anilines is 1. The van der Waals surface area contributed by atoms with Gasteiger partial charge in [-0.25, -0.2) is 0 Å². The quantitative estimate of drug-likeness (QED) is 0.117. The van der Waals surface area contributed by atoms with Crippen LogP contribution in [0.1, 0.15) is 101 Å². The van der Waals surface area contributed by atoms with Crippen molar-refractivity contribution in [3.05, 3.63) is 115 Å². The van der Waals surface area contributed by atoms with Crippen LogP contribution in [0.25, 0.3) is 0 Å². The molecule has 1 unspecified atom stereocenters. The molecule has 1 atom stereocenters. The molecular weight excluding hydrogens is 788 g/mol. The Morgan fingerprint density at radius 3 is 2.09 bits per heavy atom. The summed E-state index contributed by atoms with van der Waals surface area (Å²) in [5, 5.41) is 1.41. The van der Waals surface area contributed by atoms with Crippen LogP contribution in [-0.2, 0) is 31.1 Å². The van der Waals surface area contributed by atoms with Gasteiger partial charge in [0.15, 0.2) is 5.71 Å². The van der Waals surface area contributed by atoms with E-state index < -0.39 is 20.2 Å². The molecule has 0 saturated heterocycles. The second-order valence-corrected chi connectivity index (χ2v) is 20.8. The van der Waals surface area contributed by atoms with E-state index in [0.29, 0.717) is 48.8 Å². The van der Waals surface area contributed by atoms with Crippen molar-refractivity contribution in [3.8, 4) is 0 Å². The Bertz CT molecular complexity index is 2330. The Labute approximate surface area is 343 Å². The molecule has 2 N–H and O–H groups in total. The van der Waals surface area contributed by atoms with E-state index in [4.69, 9.17) is 23.2 Å². The predicted octanol–water partition coefficient (Wildman–Crippen LogP) is 10.4. The molecule has 2 aromatic rings. The number of aryl methyl sites for hydroxylation is 2. The molecule has 0 saturated carbocycles. The largest absolute Gasteiger partial charge is 0.344 e. The minimum Gasteiger partial charge on any atom is -0.344 e. The van der Waals surface area contributed by atoms with Crippen LogP contribution in [-0.4, -0.2) is 60.8 Å². The molecule has 0 amide bonds.